The van der Waals surface area contributed by atoms with Gasteiger partial charge in [0.2, 0.25) is 0 Å². The number of benzene rings is 2. The number of nitrogens with zero attached hydrogens (tertiary/aromatic N) is 2. The summed E-state index contributed by atoms with van der Waals surface area (Å²) in [6, 6.07) is 13.3. The van der Waals surface area contributed by atoms with E-state index in [1.807, 2.05) is 19.9 Å². The van der Waals surface area contributed by atoms with Crippen molar-refractivity contribution in [3.8, 4) is 22.8 Å². The van der Waals surface area contributed by atoms with Crippen molar-refractivity contribution in [3.05, 3.63) is 59.8 Å². The normalized spacial score (nSPS) is 13.2. The Kier molecular flexibility index (Phi) is 7.15. The maximum Gasteiger partial charge on any atom is 0.342 e. The van der Waals surface area contributed by atoms with Crippen LogP contribution >= 0.6 is 0 Å². The van der Waals surface area contributed by atoms with Crippen LogP contribution in [0.5, 0.6) is 11.5 Å². The number of hydrogen-bond donors (Lipinski definition) is 3. The lowest BCUT2D eigenvalue weighted by Gasteiger charge is -2.25. The Bertz CT molecular complexity index is 1170. The van der Waals surface area contributed by atoms with Crippen molar-refractivity contribution in [2.24, 2.45) is 0 Å². The van der Waals surface area contributed by atoms with Gasteiger partial charge in [-0.3, -0.25) is 4.79 Å². The Morgan fingerprint density at radius 2 is 1.88 bits per heavy atom. The van der Waals surface area contributed by atoms with E-state index in [0.29, 0.717) is 41.4 Å². The van der Waals surface area contributed by atoms with E-state index in [-0.39, 0.29) is 23.6 Å². The first-order valence-corrected chi connectivity index (χ1v) is 11.8. The van der Waals surface area contributed by atoms with Crippen LogP contribution in [0.15, 0.2) is 48.5 Å². The summed E-state index contributed by atoms with van der Waals surface area (Å²) in [5.41, 5.74) is 2.79. The molecule has 0 atom stereocenters. The molecule has 1 aliphatic carbocycles. The summed E-state index contributed by atoms with van der Waals surface area (Å²) in [4.78, 5) is 25.4. The first kappa shape index (κ1) is 23.4. The topological polar surface area (TPSA) is 105 Å². The van der Waals surface area contributed by atoms with Gasteiger partial charge in [-0.2, -0.15) is 9.78 Å². The lowest BCUT2D eigenvalue weighted by atomic mass is 9.82. The molecule has 34 heavy (non-hydrogen) atoms. The summed E-state index contributed by atoms with van der Waals surface area (Å²) >= 11 is 0. The fraction of sp³-hybridized carbons (Fsp3) is 0.346. The van der Waals surface area contributed by atoms with E-state index in [1.54, 1.807) is 36.4 Å². The molecule has 4 rings (SSSR count). The van der Waals surface area contributed by atoms with Gasteiger partial charge in [-0.15, -0.1) is 0 Å². The molecule has 1 fully saturated rings. The van der Waals surface area contributed by atoms with Crippen molar-refractivity contribution in [1.82, 2.24) is 15.1 Å². The maximum absolute atomic E-state index is 12.7. The van der Waals surface area contributed by atoms with Crippen LogP contribution in [0.25, 0.3) is 11.3 Å². The number of phenols is 1. The van der Waals surface area contributed by atoms with Crippen molar-refractivity contribution in [1.29, 1.82) is 0 Å². The van der Waals surface area contributed by atoms with Crippen molar-refractivity contribution in [2.75, 3.05) is 18.5 Å². The molecule has 2 aromatic carbocycles. The molecule has 1 saturated carbocycles. The molecule has 1 aromatic heterocycles. The van der Waals surface area contributed by atoms with Gasteiger partial charge >= 0.3 is 6.03 Å². The highest BCUT2D eigenvalue weighted by atomic mass is 16.5. The van der Waals surface area contributed by atoms with Gasteiger partial charge in [-0.1, -0.05) is 13.3 Å². The first-order valence-electron chi connectivity index (χ1n) is 11.8. The Morgan fingerprint density at radius 1 is 1.12 bits per heavy atom. The molecule has 8 nitrogen and oxygen atoms in total. The van der Waals surface area contributed by atoms with Gasteiger partial charge < -0.3 is 20.5 Å². The Balaban J connectivity index is 1.58. The van der Waals surface area contributed by atoms with Crippen LogP contribution in [-0.4, -0.2) is 40.0 Å². The Morgan fingerprint density at radius 3 is 2.53 bits per heavy atom. The third-order valence-corrected chi connectivity index (χ3v) is 5.94. The molecular weight excluding hydrogens is 432 g/mol. The van der Waals surface area contributed by atoms with Gasteiger partial charge in [0.15, 0.2) is 0 Å². The summed E-state index contributed by atoms with van der Waals surface area (Å²) in [5.74, 6) is 0.724. The third kappa shape index (κ3) is 5.06. The van der Waals surface area contributed by atoms with Crippen LogP contribution < -0.4 is 15.4 Å². The number of carbonyl (C=O) groups excluding carboxylic acids is 2. The molecule has 3 N–H and O–H groups in total. The highest BCUT2D eigenvalue weighted by Gasteiger charge is 2.27. The summed E-state index contributed by atoms with van der Waals surface area (Å²) in [5, 5.41) is 20.8. The van der Waals surface area contributed by atoms with Gasteiger partial charge in [-0.05, 0) is 74.7 Å². The summed E-state index contributed by atoms with van der Waals surface area (Å²) in [6.07, 6.45) is 3.97. The van der Waals surface area contributed by atoms with Gasteiger partial charge in [0.25, 0.3) is 5.91 Å². The molecule has 1 aliphatic rings. The van der Waals surface area contributed by atoms with E-state index < -0.39 is 0 Å². The second-order valence-electron chi connectivity index (χ2n) is 8.37. The van der Waals surface area contributed by atoms with E-state index in [9.17, 15) is 14.7 Å². The van der Waals surface area contributed by atoms with Crippen molar-refractivity contribution in [3.63, 3.8) is 0 Å². The molecule has 3 aromatic rings. The maximum atomic E-state index is 12.7. The van der Waals surface area contributed by atoms with Crippen LogP contribution in [0, 0.1) is 0 Å². The number of aromatic hydroxyl groups is 1. The Hall–Kier alpha value is -3.81. The molecule has 0 bridgehead atoms. The van der Waals surface area contributed by atoms with Gasteiger partial charge in [0.05, 0.1) is 18.0 Å². The second-order valence-corrected chi connectivity index (χ2v) is 8.37. The zero-order chi connectivity index (χ0) is 24.1. The van der Waals surface area contributed by atoms with E-state index in [1.165, 1.54) is 10.7 Å². The van der Waals surface area contributed by atoms with Gasteiger partial charge in [0.1, 0.15) is 11.5 Å². The van der Waals surface area contributed by atoms with Gasteiger partial charge in [-0.25, -0.2) is 4.79 Å². The lowest BCUT2D eigenvalue weighted by Crippen LogP contribution is -2.32. The highest BCUT2D eigenvalue weighted by Crippen LogP contribution is 2.39. The average Bonchev–Trinajstić information content (AvgIpc) is 3.22. The zero-order valence-corrected chi connectivity index (χ0v) is 19.5. The van der Waals surface area contributed by atoms with Crippen LogP contribution in [0.1, 0.15) is 61.5 Å². The van der Waals surface area contributed by atoms with E-state index in [4.69, 9.17) is 4.74 Å². The number of amides is 2. The Labute approximate surface area is 198 Å². The number of rotatable bonds is 8. The quantitative estimate of drug-likeness (QED) is 0.402. The number of aromatic nitrogens is 2. The molecule has 0 unspecified atom stereocenters. The average molecular weight is 463 g/mol. The molecule has 0 saturated heterocycles. The van der Waals surface area contributed by atoms with E-state index in [0.717, 1.165) is 31.4 Å². The zero-order valence-electron chi connectivity index (χ0n) is 19.5. The summed E-state index contributed by atoms with van der Waals surface area (Å²) in [6.45, 7) is 5.02. The largest absolute Gasteiger partial charge is 0.507 e. The van der Waals surface area contributed by atoms with E-state index >= 15 is 0 Å². The minimum Gasteiger partial charge on any atom is -0.507 e. The van der Waals surface area contributed by atoms with Crippen LogP contribution in [-0.2, 0) is 0 Å². The monoisotopic (exact) mass is 462 g/mol. The smallest absolute Gasteiger partial charge is 0.342 e. The molecule has 1 heterocycles. The number of carbonyl (C=O) groups is 2. The second kappa shape index (κ2) is 10.4. The number of hydrogen-bond acceptors (Lipinski definition) is 5. The molecule has 0 radical (unpaired) electrons. The van der Waals surface area contributed by atoms with Crippen LogP contribution in [0.3, 0.4) is 0 Å². The fourth-order valence-electron chi connectivity index (χ4n) is 3.88. The molecule has 8 heteroatoms. The number of nitrogens with one attached hydrogen (secondary N) is 2. The van der Waals surface area contributed by atoms with Crippen molar-refractivity contribution < 1.29 is 19.4 Å². The number of ether oxygens (including phenoxy) is 1. The third-order valence-electron chi connectivity index (χ3n) is 5.94. The number of phenolic OH excluding ortho intramolecular Hbond substituents is 1. The molecule has 0 spiro atoms. The standard InChI is InChI=1S/C26H30N4O4/c1-3-14-27-26(33)30-23(17-6-5-7-17)16-22(29-30)21-15-19(10-13-24(21)31)28-25(32)18-8-11-20(12-9-18)34-4-2/h8-13,15-17,31H,3-7,14H2,1-2H3,(H,27,33)(H,28,32). The lowest BCUT2D eigenvalue weighted by molar-refractivity contribution is 0.102. The molecule has 2 amide bonds. The van der Waals surface area contributed by atoms with E-state index in [2.05, 4.69) is 15.7 Å². The summed E-state index contributed by atoms with van der Waals surface area (Å²) in [7, 11) is 0. The molecule has 178 valence electrons. The molecular formula is C26H30N4O4. The van der Waals surface area contributed by atoms with Crippen molar-refractivity contribution >= 4 is 17.6 Å². The van der Waals surface area contributed by atoms with Crippen LogP contribution in [0.2, 0.25) is 0 Å². The minimum absolute atomic E-state index is 0.0258. The minimum atomic E-state index is -0.278. The number of anilines is 1. The first-order chi connectivity index (χ1) is 16.5. The van der Waals surface area contributed by atoms with Gasteiger partial charge in [0, 0.05) is 29.3 Å². The SMILES string of the molecule is CCCNC(=O)n1nc(-c2cc(NC(=O)c3ccc(OCC)cc3)ccc2O)cc1C1CCC1. The predicted octanol–water partition coefficient (Wildman–Crippen LogP) is 5.14. The van der Waals surface area contributed by atoms with Crippen molar-refractivity contribution in [2.45, 2.75) is 45.4 Å². The van der Waals surface area contributed by atoms with Crippen LogP contribution in [0.4, 0.5) is 10.5 Å². The predicted molar refractivity (Wildman–Crippen MR) is 131 cm³/mol. The highest BCUT2D eigenvalue weighted by molar-refractivity contribution is 6.04. The summed E-state index contributed by atoms with van der Waals surface area (Å²) < 4.78 is 6.84. The fourth-order valence-corrected chi connectivity index (χ4v) is 3.88. The molecule has 0 aliphatic heterocycles.